The van der Waals surface area contributed by atoms with Crippen molar-refractivity contribution in [3.05, 3.63) is 47.0 Å². The van der Waals surface area contributed by atoms with Gasteiger partial charge in [0.1, 0.15) is 11.4 Å². The normalized spacial score (nSPS) is 10.4. The SMILES string of the molecule is Cc1nccnc1C[n+]1ccnc(C)c1Cl. The number of aromatic nitrogens is 4. The fourth-order valence-electron chi connectivity index (χ4n) is 1.43. The first kappa shape index (κ1) is 11.0. The Morgan fingerprint density at radius 2 is 1.75 bits per heavy atom. The Balaban J connectivity index is 2.35. The predicted octanol–water partition coefficient (Wildman–Crippen LogP) is 1.48. The van der Waals surface area contributed by atoms with Gasteiger partial charge in [-0.3, -0.25) is 9.97 Å². The molecule has 0 atom stereocenters. The van der Waals surface area contributed by atoms with Crippen LogP contribution in [0.2, 0.25) is 5.15 Å². The lowest BCUT2D eigenvalue weighted by atomic mass is 10.3. The predicted molar refractivity (Wildman–Crippen MR) is 60.1 cm³/mol. The third-order valence-corrected chi connectivity index (χ3v) is 2.86. The summed E-state index contributed by atoms with van der Waals surface area (Å²) in [6.07, 6.45) is 6.93. The van der Waals surface area contributed by atoms with Gasteiger partial charge in [0, 0.05) is 12.4 Å². The van der Waals surface area contributed by atoms with Crippen molar-refractivity contribution in [2.45, 2.75) is 20.4 Å². The molecule has 2 aromatic rings. The van der Waals surface area contributed by atoms with E-state index in [0.717, 1.165) is 17.1 Å². The molecule has 0 N–H and O–H groups in total. The molecule has 0 aromatic carbocycles. The van der Waals surface area contributed by atoms with Gasteiger partial charge in [0.05, 0.1) is 11.9 Å². The molecule has 2 heterocycles. The number of nitrogens with zero attached hydrogens (tertiary/aromatic N) is 4. The maximum Gasteiger partial charge on any atom is 0.296 e. The molecule has 0 amide bonds. The van der Waals surface area contributed by atoms with Gasteiger partial charge in [0.25, 0.3) is 5.15 Å². The zero-order valence-electron chi connectivity index (χ0n) is 9.18. The van der Waals surface area contributed by atoms with Gasteiger partial charge in [-0.25, -0.2) is 4.98 Å². The van der Waals surface area contributed by atoms with Crippen molar-refractivity contribution in [3.63, 3.8) is 0 Å². The van der Waals surface area contributed by atoms with Crippen molar-refractivity contribution in [1.29, 1.82) is 0 Å². The standard InChI is InChI=1S/C11H12ClN4/c1-8-10(15-4-3-13-8)7-16-6-5-14-9(2)11(16)12/h3-6H,7H2,1-2H3/q+1. The summed E-state index contributed by atoms with van der Waals surface area (Å²) in [6.45, 7) is 4.43. The van der Waals surface area contributed by atoms with E-state index >= 15 is 0 Å². The Morgan fingerprint density at radius 3 is 2.50 bits per heavy atom. The quantitative estimate of drug-likeness (QED) is 0.741. The van der Waals surface area contributed by atoms with Gasteiger partial charge in [-0.1, -0.05) is 0 Å². The summed E-state index contributed by atoms with van der Waals surface area (Å²) in [4.78, 5) is 12.6. The zero-order chi connectivity index (χ0) is 11.5. The number of hydrogen-bond donors (Lipinski definition) is 0. The second kappa shape index (κ2) is 4.53. The Kier molecular flexibility index (Phi) is 3.10. The largest absolute Gasteiger partial charge is 0.296 e. The van der Waals surface area contributed by atoms with E-state index in [2.05, 4.69) is 15.0 Å². The molecular formula is C11H12ClN4+. The van der Waals surface area contributed by atoms with E-state index in [1.54, 1.807) is 18.6 Å². The van der Waals surface area contributed by atoms with E-state index in [1.807, 2.05) is 24.6 Å². The molecule has 2 aromatic heterocycles. The molecule has 0 saturated heterocycles. The van der Waals surface area contributed by atoms with Gasteiger partial charge < -0.3 is 0 Å². The topological polar surface area (TPSA) is 42.5 Å². The summed E-state index contributed by atoms with van der Waals surface area (Å²) >= 11 is 6.15. The molecule has 0 aliphatic rings. The van der Waals surface area contributed by atoms with Crippen LogP contribution in [0.15, 0.2) is 24.8 Å². The average Bonchev–Trinajstić information content (AvgIpc) is 2.28. The van der Waals surface area contributed by atoms with Crippen LogP contribution in [0.25, 0.3) is 0 Å². The summed E-state index contributed by atoms with van der Waals surface area (Å²) in [5, 5.41) is 0.632. The maximum atomic E-state index is 6.15. The van der Waals surface area contributed by atoms with Gasteiger partial charge in [-0.2, -0.15) is 4.57 Å². The molecule has 0 radical (unpaired) electrons. The minimum absolute atomic E-state index is 0.613. The molecule has 0 bridgehead atoms. The average molecular weight is 236 g/mol. The summed E-state index contributed by atoms with van der Waals surface area (Å²) in [5.41, 5.74) is 2.64. The number of halogens is 1. The molecule has 0 fully saturated rings. The highest BCUT2D eigenvalue weighted by Gasteiger charge is 2.14. The Morgan fingerprint density at radius 1 is 1.06 bits per heavy atom. The second-order valence-corrected chi connectivity index (χ2v) is 3.88. The van der Waals surface area contributed by atoms with E-state index in [4.69, 9.17) is 11.6 Å². The van der Waals surface area contributed by atoms with Crippen molar-refractivity contribution in [1.82, 2.24) is 15.0 Å². The Bertz CT molecular complexity index is 513. The first-order valence-corrected chi connectivity index (χ1v) is 5.33. The van der Waals surface area contributed by atoms with Crippen LogP contribution in [-0.2, 0) is 6.54 Å². The lowest BCUT2D eigenvalue weighted by molar-refractivity contribution is -0.687. The summed E-state index contributed by atoms with van der Waals surface area (Å²) in [6, 6.07) is 0. The van der Waals surface area contributed by atoms with Crippen LogP contribution in [0.3, 0.4) is 0 Å². The molecule has 0 aliphatic heterocycles. The first-order chi connectivity index (χ1) is 7.68. The van der Waals surface area contributed by atoms with Crippen molar-refractivity contribution in [2.24, 2.45) is 0 Å². The van der Waals surface area contributed by atoms with Crippen molar-refractivity contribution < 1.29 is 4.57 Å². The lowest BCUT2D eigenvalue weighted by Gasteiger charge is -2.02. The summed E-state index contributed by atoms with van der Waals surface area (Å²) < 4.78 is 1.90. The van der Waals surface area contributed by atoms with E-state index in [0.29, 0.717) is 11.7 Å². The molecule has 0 spiro atoms. The molecular weight excluding hydrogens is 224 g/mol. The number of rotatable bonds is 2. The van der Waals surface area contributed by atoms with Gasteiger partial charge in [-0.05, 0) is 25.4 Å². The van der Waals surface area contributed by atoms with Gasteiger partial charge in [-0.15, -0.1) is 0 Å². The monoisotopic (exact) mass is 235 g/mol. The van der Waals surface area contributed by atoms with Crippen LogP contribution in [0.4, 0.5) is 0 Å². The van der Waals surface area contributed by atoms with Gasteiger partial charge >= 0.3 is 0 Å². The van der Waals surface area contributed by atoms with Gasteiger partial charge in [0.15, 0.2) is 12.7 Å². The minimum Gasteiger partial charge on any atom is -0.258 e. The molecule has 82 valence electrons. The highest BCUT2D eigenvalue weighted by atomic mass is 35.5. The molecule has 0 aliphatic carbocycles. The lowest BCUT2D eigenvalue weighted by Crippen LogP contribution is -2.37. The third kappa shape index (κ3) is 2.17. The molecule has 0 saturated carbocycles. The van der Waals surface area contributed by atoms with Crippen LogP contribution < -0.4 is 4.57 Å². The van der Waals surface area contributed by atoms with E-state index in [1.165, 1.54) is 0 Å². The highest BCUT2D eigenvalue weighted by Crippen LogP contribution is 2.06. The van der Waals surface area contributed by atoms with Gasteiger partial charge in [0.2, 0.25) is 0 Å². The van der Waals surface area contributed by atoms with Crippen LogP contribution in [0.5, 0.6) is 0 Å². The van der Waals surface area contributed by atoms with Crippen molar-refractivity contribution >= 4 is 11.6 Å². The molecule has 5 heteroatoms. The van der Waals surface area contributed by atoms with E-state index < -0.39 is 0 Å². The zero-order valence-corrected chi connectivity index (χ0v) is 9.94. The highest BCUT2D eigenvalue weighted by molar-refractivity contribution is 6.29. The first-order valence-electron chi connectivity index (χ1n) is 4.95. The third-order valence-electron chi connectivity index (χ3n) is 2.37. The van der Waals surface area contributed by atoms with Crippen LogP contribution in [-0.4, -0.2) is 15.0 Å². The maximum absolute atomic E-state index is 6.15. The smallest absolute Gasteiger partial charge is 0.258 e. The molecule has 2 rings (SSSR count). The van der Waals surface area contributed by atoms with Crippen molar-refractivity contribution in [3.8, 4) is 0 Å². The van der Waals surface area contributed by atoms with Crippen molar-refractivity contribution in [2.75, 3.05) is 0 Å². The Labute approximate surface area is 99.0 Å². The molecule has 16 heavy (non-hydrogen) atoms. The second-order valence-electron chi connectivity index (χ2n) is 3.52. The van der Waals surface area contributed by atoms with E-state index in [-0.39, 0.29) is 0 Å². The minimum atomic E-state index is 0.613. The van der Waals surface area contributed by atoms with Crippen LogP contribution in [0, 0.1) is 13.8 Å². The van der Waals surface area contributed by atoms with Crippen LogP contribution in [0.1, 0.15) is 17.1 Å². The summed E-state index contributed by atoms with van der Waals surface area (Å²) in [5.74, 6) is 0. The fraction of sp³-hybridized carbons (Fsp3) is 0.273. The number of hydrogen-bond acceptors (Lipinski definition) is 3. The number of aryl methyl sites for hydroxylation is 2. The van der Waals surface area contributed by atoms with Crippen LogP contribution >= 0.6 is 11.6 Å². The molecule has 0 unspecified atom stereocenters. The molecule has 4 nitrogen and oxygen atoms in total. The van der Waals surface area contributed by atoms with E-state index in [9.17, 15) is 0 Å². The Hall–Kier alpha value is -1.55. The fourth-order valence-corrected chi connectivity index (χ4v) is 1.59. The summed E-state index contributed by atoms with van der Waals surface area (Å²) in [7, 11) is 0.